The highest BCUT2D eigenvalue weighted by Crippen LogP contribution is 2.23. The third-order valence-corrected chi connectivity index (χ3v) is 5.69. The predicted octanol–water partition coefficient (Wildman–Crippen LogP) is 1.51. The molecule has 1 aromatic carbocycles. The summed E-state index contributed by atoms with van der Waals surface area (Å²) in [5.41, 5.74) is 5.34. The fourth-order valence-electron chi connectivity index (χ4n) is 2.43. The van der Waals surface area contributed by atoms with Gasteiger partial charge in [0.05, 0.1) is 10.6 Å². The maximum Gasteiger partial charge on any atom is 0.243 e. The molecule has 2 N–H and O–H groups in total. The highest BCUT2D eigenvalue weighted by atomic mass is 32.2. The first-order chi connectivity index (χ1) is 9.62. The second kappa shape index (κ2) is 5.55. The van der Waals surface area contributed by atoms with E-state index in [1.165, 1.54) is 16.4 Å². The molecule has 5 nitrogen and oxygen atoms in total. The van der Waals surface area contributed by atoms with Crippen molar-refractivity contribution in [2.45, 2.75) is 31.2 Å². The van der Waals surface area contributed by atoms with Crippen molar-refractivity contribution in [1.29, 1.82) is 0 Å². The number of hydrogen-bond acceptors (Lipinski definition) is 4. The number of anilines is 1. The second-order valence-corrected chi connectivity index (χ2v) is 8.18. The second-order valence-electron chi connectivity index (χ2n) is 6.25. The van der Waals surface area contributed by atoms with Gasteiger partial charge in [-0.25, -0.2) is 12.8 Å². The van der Waals surface area contributed by atoms with E-state index in [0.29, 0.717) is 26.2 Å². The van der Waals surface area contributed by atoms with Crippen LogP contribution in [0.2, 0.25) is 0 Å². The van der Waals surface area contributed by atoms with Gasteiger partial charge in [-0.2, -0.15) is 4.31 Å². The van der Waals surface area contributed by atoms with Crippen molar-refractivity contribution in [3.05, 3.63) is 24.0 Å². The normalized spacial score (nSPS) is 18.9. The summed E-state index contributed by atoms with van der Waals surface area (Å²) in [7, 11) is -3.61. The lowest BCUT2D eigenvalue weighted by Gasteiger charge is -2.41. The van der Waals surface area contributed by atoms with E-state index in [9.17, 15) is 12.8 Å². The molecule has 1 fully saturated rings. The molecule has 21 heavy (non-hydrogen) atoms. The Balaban J connectivity index is 2.17. The highest BCUT2D eigenvalue weighted by molar-refractivity contribution is 7.89. The van der Waals surface area contributed by atoms with Gasteiger partial charge in [-0.15, -0.1) is 0 Å². The zero-order valence-electron chi connectivity index (χ0n) is 12.6. The van der Waals surface area contributed by atoms with Gasteiger partial charge >= 0.3 is 0 Å². The van der Waals surface area contributed by atoms with E-state index in [2.05, 4.69) is 25.7 Å². The van der Waals surface area contributed by atoms with Crippen LogP contribution in [0, 0.1) is 5.82 Å². The standard InChI is InChI=1S/C14H22FN3O2S/c1-14(2,3)17-6-8-18(9-7-17)21(19,20)11-4-5-12(15)13(16)10-11/h4-5,10H,6-9,16H2,1-3H3. The Morgan fingerprint density at radius 2 is 1.71 bits per heavy atom. The molecule has 0 amide bonds. The van der Waals surface area contributed by atoms with Crippen molar-refractivity contribution >= 4 is 15.7 Å². The molecule has 0 spiro atoms. The molecule has 0 aromatic heterocycles. The van der Waals surface area contributed by atoms with Crippen LogP contribution >= 0.6 is 0 Å². The van der Waals surface area contributed by atoms with E-state index in [4.69, 9.17) is 5.73 Å². The summed E-state index contributed by atoms with van der Waals surface area (Å²) in [4.78, 5) is 2.29. The van der Waals surface area contributed by atoms with E-state index in [-0.39, 0.29) is 16.1 Å². The van der Waals surface area contributed by atoms with E-state index < -0.39 is 15.8 Å². The Labute approximate surface area is 125 Å². The van der Waals surface area contributed by atoms with Gasteiger partial charge in [-0.1, -0.05) is 0 Å². The Morgan fingerprint density at radius 1 is 1.14 bits per heavy atom. The summed E-state index contributed by atoms with van der Waals surface area (Å²) in [6, 6.07) is 3.53. The first-order valence-corrected chi connectivity index (χ1v) is 8.36. The molecule has 0 saturated carbocycles. The van der Waals surface area contributed by atoms with E-state index in [1.54, 1.807) is 0 Å². The minimum atomic E-state index is -3.61. The summed E-state index contributed by atoms with van der Waals surface area (Å²) in [6.45, 7) is 8.54. The zero-order valence-corrected chi connectivity index (χ0v) is 13.5. The number of hydrogen-bond donors (Lipinski definition) is 1. The third-order valence-electron chi connectivity index (χ3n) is 3.79. The van der Waals surface area contributed by atoms with Crippen molar-refractivity contribution < 1.29 is 12.8 Å². The molecule has 1 aliphatic rings. The Bertz CT molecular complexity index is 618. The van der Waals surface area contributed by atoms with Gasteiger partial charge in [-0.3, -0.25) is 4.90 Å². The molecule has 0 unspecified atom stereocenters. The van der Waals surface area contributed by atoms with Gasteiger partial charge in [0.15, 0.2) is 0 Å². The Kier molecular flexibility index (Phi) is 4.28. The molecule has 0 aliphatic carbocycles. The van der Waals surface area contributed by atoms with Crippen molar-refractivity contribution in [3.8, 4) is 0 Å². The maximum atomic E-state index is 13.2. The Morgan fingerprint density at radius 3 is 2.19 bits per heavy atom. The van der Waals surface area contributed by atoms with Crippen LogP contribution in [-0.2, 0) is 10.0 Å². The largest absolute Gasteiger partial charge is 0.396 e. The van der Waals surface area contributed by atoms with Crippen LogP contribution in [-0.4, -0.2) is 49.3 Å². The van der Waals surface area contributed by atoms with Gasteiger partial charge in [0.25, 0.3) is 0 Å². The minimum Gasteiger partial charge on any atom is -0.396 e. The first kappa shape index (κ1) is 16.2. The van der Waals surface area contributed by atoms with Gasteiger partial charge in [0.1, 0.15) is 5.82 Å². The molecular weight excluding hydrogens is 293 g/mol. The number of nitrogens with two attached hydrogens (primary N) is 1. The van der Waals surface area contributed by atoms with Crippen molar-refractivity contribution in [2.24, 2.45) is 0 Å². The zero-order chi connectivity index (χ0) is 15.8. The fraction of sp³-hybridized carbons (Fsp3) is 0.571. The van der Waals surface area contributed by atoms with E-state index in [1.807, 2.05) is 0 Å². The summed E-state index contributed by atoms with van der Waals surface area (Å²) in [5, 5.41) is 0. The number of benzene rings is 1. The van der Waals surface area contributed by atoms with Crippen LogP contribution in [0.3, 0.4) is 0 Å². The van der Waals surface area contributed by atoms with Crippen LogP contribution in [0.15, 0.2) is 23.1 Å². The minimum absolute atomic E-state index is 0.0240. The van der Waals surface area contributed by atoms with Crippen LogP contribution in [0.1, 0.15) is 20.8 Å². The summed E-state index contributed by atoms with van der Waals surface area (Å²) in [5.74, 6) is -0.605. The van der Waals surface area contributed by atoms with E-state index in [0.717, 1.165) is 6.07 Å². The molecule has 1 aromatic rings. The number of sulfonamides is 1. The van der Waals surface area contributed by atoms with Crippen molar-refractivity contribution in [1.82, 2.24) is 9.21 Å². The molecular formula is C14H22FN3O2S. The summed E-state index contributed by atoms with van der Waals surface area (Å²) < 4.78 is 39.7. The van der Waals surface area contributed by atoms with Crippen LogP contribution in [0.4, 0.5) is 10.1 Å². The smallest absolute Gasteiger partial charge is 0.243 e. The Hall–Kier alpha value is -1.18. The van der Waals surface area contributed by atoms with Crippen molar-refractivity contribution in [2.75, 3.05) is 31.9 Å². The molecule has 1 heterocycles. The summed E-state index contributed by atoms with van der Waals surface area (Å²) in [6.07, 6.45) is 0. The molecule has 0 atom stereocenters. The number of rotatable bonds is 2. The van der Waals surface area contributed by atoms with Crippen LogP contribution < -0.4 is 5.73 Å². The van der Waals surface area contributed by atoms with Gasteiger partial charge in [-0.05, 0) is 39.0 Å². The molecule has 118 valence electrons. The van der Waals surface area contributed by atoms with Gasteiger partial charge < -0.3 is 5.73 Å². The molecule has 2 rings (SSSR count). The number of piperazine rings is 1. The number of halogens is 1. The summed E-state index contributed by atoms with van der Waals surface area (Å²) >= 11 is 0. The third kappa shape index (κ3) is 3.36. The van der Waals surface area contributed by atoms with Gasteiger partial charge in [0, 0.05) is 31.7 Å². The molecule has 1 aliphatic heterocycles. The van der Waals surface area contributed by atoms with Crippen molar-refractivity contribution in [3.63, 3.8) is 0 Å². The number of nitrogens with zero attached hydrogens (tertiary/aromatic N) is 2. The lowest BCUT2D eigenvalue weighted by Crippen LogP contribution is -2.54. The average molecular weight is 315 g/mol. The number of nitrogen functional groups attached to an aromatic ring is 1. The highest BCUT2D eigenvalue weighted by Gasteiger charge is 2.32. The lowest BCUT2D eigenvalue weighted by atomic mass is 10.1. The quantitative estimate of drug-likeness (QED) is 0.840. The SMILES string of the molecule is CC(C)(C)N1CCN(S(=O)(=O)c2ccc(F)c(N)c2)CC1. The first-order valence-electron chi connectivity index (χ1n) is 6.92. The van der Waals surface area contributed by atoms with Gasteiger partial charge in [0.2, 0.25) is 10.0 Å². The van der Waals surface area contributed by atoms with Crippen LogP contribution in [0.5, 0.6) is 0 Å². The lowest BCUT2D eigenvalue weighted by molar-refractivity contribution is 0.0922. The molecule has 0 radical (unpaired) electrons. The average Bonchev–Trinajstić information content (AvgIpc) is 2.41. The topological polar surface area (TPSA) is 66.6 Å². The predicted molar refractivity (Wildman–Crippen MR) is 80.9 cm³/mol. The monoisotopic (exact) mass is 315 g/mol. The molecule has 0 bridgehead atoms. The van der Waals surface area contributed by atoms with Crippen LogP contribution in [0.25, 0.3) is 0 Å². The fourth-order valence-corrected chi connectivity index (χ4v) is 3.89. The molecule has 7 heteroatoms. The maximum absolute atomic E-state index is 13.2. The van der Waals surface area contributed by atoms with E-state index >= 15 is 0 Å². The molecule has 1 saturated heterocycles.